The molecule has 0 saturated carbocycles. The van der Waals surface area contributed by atoms with Crippen LogP contribution in [0.3, 0.4) is 0 Å². The van der Waals surface area contributed by atoms with Crippen molar-refractivity contribution in [1.82, 2.24) is 24.5 Å². The molecule has 4 rings (SSSR count). The van der Waals surface area contributed by atoms with Crippen LogP contribution in [0.4, 0.5) is 0 Å². The summed E-state index contributed by atoms with van der Waals surface area (Å²) >= 11 is 0. The molecule has 0 amide bonds. The number of aryl methyl sites for hydroxylation is 1. The summed E-state index contributed by atoms with van der Waals surface area (Å²) in [5.74, 6) is 0. The van der Waals surface area contributed by atoms with Crippen molar-refractivity contribution in [3.63, 3.8) is 0 Å². The van der Waals surface area contributed by atoms with E-state index < -0.39 is 29.7 Å². The summed E-state index contributed by atoms with van der Waals surface area (Å²) in [4.78, 5) is 27.1. The smallest absolute Gasteiger partial charge is 0.330 e. The SMILES string of the molecule is CCCCCc1ccccc1Cn1cc(-c2cn([C@H]3C[C@H](O)[C@@H](CO)O3)c(=O)[nH]c2=O)nn1. The maximum absolute atomic E-state index is 12.5. The van der Waals surface area contributed by atoms with E-state index in [1.54, 1.807) is 10.9 Å². The van der Waals surface area contributed by atoms with Gasteiger partial charge in [0, 0.05) is 12.6 Å². The molecular weight excluding hydrogens is 426 g/mol. The van der Waals surface area contributed by atoms with Crippen LogP contribution in [0.25, 0.3) is 11.3 Å². The minimum absolute atomic E-state index is 0.123. The Morgan fingerprint density at radius 3 is 2.70 bits per heavy atom. The fraction of sp³-hybridized carbons (Fsp3) is 0.478. The van der Waals surface area contributed by atoms with E-state index in [-0.39, 0.29) is 18.6 Å². The van der Waals surface area contributed by atoms with Crippen LogP contribution < -0.4 is 11.2 Å². The molecule has 3 heterocycles. The van der Waals surface area contributed by atoms with Crippen LogP contribution in [0.2, 0.25) is 0 Å². The highest BCUT2D eigenvalue weighted by atomic mass is 16.5. The second kappa shape index (κ2) is 10.2. The third-order valence-electron chi connectivity index (χ3n) is 5.98. The van der Waals surface area contributed by atoms with Crippen LogP contribution in [0, 0.1) is 0 Å². The molecule has 3 N–H and O–H groups in total. The number of hydrogen-bond donors (Lipinski definition) is 3. The van der Waals surface area contributed by atoms with Gasteiger partial charge in [0.15, 0.2) is 0 Å². The molecule has 1 aromatic carbocycles. The summed E-state index contributed by atoms with van der Waals surface area (Å²) < 4.78 is 8.43. The van der Waals surface area contributed by atoms with E-state index >= 15 is 0 Å². The van der Waals surface area contributed by atoms with Gasteiger partial charge in [-0.05, 0) is 24.0 Å². The first-order chi connectivity index (χ1) is 16.0. The molecule has 176 valence electrons. The van der Waals surface area contributed by atoms with Gasteiger partial charge >= 0.3 is 5.69 Å². The number of aliphatic hydroxyl groups excluding tert-OH is 2. The van der Waals surface area contributed by atoms with Crippen molar-refractivity contribution < 1.29 is 14.9 Å². The average Bonchev–Trinajstić information content (AvgIpc) is 3.41. The molecule has 2 aromatic heterocycles. The predicted octanol–water partition coefficient (Wildman–Crippen LogP) is 1.22. The molecule has 0 aliphatic carbocycles. The number of nitrogens with zero attached hydrogens (tertiary/aromatic N) is 4. The van der Waals surface area contributed by atoms with Gasteiger partial charge in [-0.3, -0.25) is 14.3 Å². The number of aliphatic hydroxyl groups is 2. The zero-order chi connectivity index (χ0) is 23.4. The van der Waals surface area contributed by atoms with E-state index in [9.17, 15) is 19.8 Å². The molecule has 0 spiro atoms. The van der Waals surface area contributed by atoms with Crippen LogP contribution in [0.5, 0.6) is 0 Å². The highest BCUT2D eigenvalue weighted by Crippen LogP contribution is 2.28. The highest BCUT2D eigenvalue weighted by Gasteiger charge is 2.35. The predicted molar refractivity (Wildman–Crippen MR) is 121 cm³/mol. The van der Waals surface area contributed by atoms with Gasteiger partial charge in [-0.2, -0.15) is 0 Å². The van der Waals surface area contributed by atoms with Crippen LogP contribution in [-0.2, 0) is 17.7 Å². The molecule has 0 unspecified atom stereocenters. The van der Waals surface area contributed by atoms with Crippen molar-refractivity contribution in [1.29, 1.82) is 0 Å². The second-order valence-corrected chi connectivity index (χ2v) is 8.35. The van der Waals surface area contributed by atoms with Gasteiger partial charge in [-0.25, -0.2) is 9.48 Å². The number of benzene rings is 1. The minimum atomic E-state index is -0.902. The van der Waals surface area contributed by atoms with E-state index in [1.807, 2.05) is 12.1 Å². The first-order valence-corrected chi connectivity index (χ1v) is 11.3. The number of hydrogen-bond acceptors (Lipinski definition) is 7. The molecular formula is C23H29N5O5. The van der Waals surface area contributed by atoms with Crippen LogP contribution in [0.15, 0.2) is 46.2 Å². The number of unbranched alkanes of at least 4 members (excludes halogenated alkanes) is 2. The number of ether oxygens (including phenoxy) is 1. The highest BCUT2D eigenvalue weighted by molar-refractivity contribution is 5.54. The third kappa shape index (κ3) is 5.13. The Bertz CT molecular complexity index is 1200. The van der Waals surface area contributed by atoms with E-state index in [0.717, 1.165) is 24.8 Å². The van der Waals surface area contributed by atoms with Crippen LogP contribution in [0.1, 0.15) is 50.0 Å². The second-order valence-electron chi connectivity index (χ2n) is 8.35. The van der Waals surface area contributed by atoms with Crippen LogP contribution in [-0.4, -0.2) is 53.6 Å². The van der Waals surface area contributed by atoms with Crippen molar-refractivity contribution in [3.8, 4) is 11.3 Å². The molecule has 33 heavy (non-hydrogen) atoms. The molecule has 1 saturated heterocycles. The molecule has 3 aromatic rings. The van der Waals surface area contributed by atoms with Gasteiger partial charge in [0.1, 0.15) is 18.0 Å². The largest absolute Gasteiger partial charge is 0.394 e. The maximum atomic E-state index is 12.5. The van der Waals surface area contributed by atoms with Gasteiger partial charge in [0.25, 0.3) is 5.56 Å². The number of aromatic nitrogens is 5. The molecule has 0 radical (unpaired) electrons. The van der Waals surface area contributed by atoms with Crippen molar-refractivity contribution >= 4 is 0 Å². The summed E-state index contributed by atoms with van der Waals surface area (Å²) in [6.07, 6.45) is 5.14. The Morgan fingerprint density at radius 1 is 1.18 bits per heavy atom. The summed E-state index contributed by atoms with van der Waals surface area (Å²) in [5.41, 5.74) is 1.67. The number of nitrogens with one attached hydrogen (secondary N) is 1. The lowest BCUT2D eigenvalue weighted by Crippen LogP contribution is -2.33. The Hall–Kier alpha value is -3.08. The lowest BCUT2D eigenvalue weighted by Gasteiger charge is -2.14. The maximum Gasteiger partial charge on any atom is 0.330 e. The lowest BCUT2D eigenvalue weighted by molar-refractivity contribution is -0.0458. The summed E-state index contributed by atoms with van der Waals surface area (Å²) in [7, 11) is 0. The van der Waals surface area contributed by atoms with Gasteiger partial charge in [0.2, 0.25) is 0 Å². The first-order valence-electron chi connectivity index (χ1n) is 11.3. The number of aromatic amines is 1. The molecule has 1 aliphatic heterocycles. The summed E-state index contributed by atoms with van der Waals surface area (Å²) in [6, 6.07) is 8.21. The van der Waals surface area contributed by atoms with Crippen molar-refractivity contribution in [2.45, 2.75) is 64.0 Å². The molecule has 10 nitrogen and oxygen atoms in total. The standard InChI is InChI=1S/C23H29N5O5/c1-2-3-4-7-15-8-5-6-9-16(15)11-27-13-18(25-26-27)17-12-28(23(32)24-22(17)31)21-10-19(30)20(14-29)33-21/h5-6,8-9,12-13,19-21,29-30H,2-4,7,10-11,14H2,1H3,(H,24,31,32)/t19-,20+,21+/m0/s1. The zero-order valence-corrected chi connectivity index (χ0v) is 18.6. The summed E-state index contributed by atoms with van der Waals surface area (Å²) in [5, 5.41) is 27.6. The Morgan fingerprint density at radius 2 is 1.97 bits per heavy atom. The van der Waals surface area contributed by atoms with Crippen molar-refractivity contribution in [3.05, 3.63) is 68.6 Å². The number of H-pyrrole nitrogens is 1. The topological polar surface area (TPSA) is 135 Å². The number of rotatable bonds is 9. The molecule has 1 fully saturated rings. The Balaban J connectivity index is 1.57. The third-order valence-corrected chi connectivity index (χ3v) is 5.98. The van der Waals surface area contributed by atoms with Gasteiger partial charge in [-0.1, -0.05) is 49.2 Å². The normalized spacial score (nSPS) is 20.4. The van der Waals surface area contributed by atoms with E-state index in [4.69, 9.17) is 4.74 Å². The molecule has 0 bridgehead atoms. The van der Waals surface area contributed by atoms with Gasteiger partial charge in [0.05, 0.1) is 31.0 Å². The first kappa shape index (κ1) is 23.1. The molecule has 3 atom stereocenters. The quantitative estimate of drug-likeness (QED) is 0.413. The van der Waals surface area contributed by atoms with E-state index in [0.29, 0.717) is 12.2 Å². The fourth-order valence-corrected chi connectivity index (χ4v) is 4.13. The van der Waals surface area contributed by atoms with E-state index in [2.05, 4.69) is 34.4 Å². The molecule has 1 aliphatic rings. The molecule has 10 heteroatoms. The zero-order valence-electron chi connectivity index (χ0n) is 18.6. The van der Waals surface area contributed by atoms with E-state index in [1.165, 1.54) is 22.7 Å². The lowest BCUT2D eigenvalue weighted by atomic mass is 10.0. The average molecular weight is 456 g/mol. The van der Waals surface area contributed by atoms with Crippen LogP contribution >= 0.6 is 0 Å². The van der Waals surface area contributed by atoms with Crippen molar-refractivity contribution in [2.75, 3.05) is 6.61 Å². The van der Waals surface area contributed by atoms with Crippen molar-refractivity contribution in [2.24, 2.45) is 0 Å². The summed E-state index contributed by atoms with van der Waals surface area (Å²) in [6.45, 7) is 2.33. The van der Waals surface area contributed by atoms with Gasteiger partial charge in [-0.15, -0.1) is 5.10 Å². The minimum Gasteiger partial charge on any atom is -0.394 e. The van der Waals surface area contributed by atoms with Gasteiger partial charge < -0.3 is 14.9 Å². The Labute approximate surface area is 190 Å². The monoisotopic (exact) mass is 455 g/mol. The Kier molecular flexibility index (Phi) is 7.17. The fourth-order valence-electron chi connectivity index (χ4n) is 4.13.